The second kappa shape index (κ2) is 4.46. The van der Waals surface area contributed by atoms with Crippen molar-refractivity contribution in [3.8, 4) is 0 Å². The number of hydrogen-bond donors (Lipinski definition) is 1. The highest BCUT2D eigenvalue weighted by Crippen LogP contribution is 2.29. The zero-order valence-electron chi connectivity index (χ0n) is 7.58. The summed E-state index contributed by atoms with van der Waals surface area (Å²) >= 11 is 3.16. The van der Waals surface area contributed by atoms with Gasteiger partial charge >= 0.3 is 5.97 Å². The maximum absolute atomic E-state index is 10.6. The van der Waals surface area contributed by atoms with Gasteiger partial charge in [0.1, 0.15) is 5.03 Å². The number of aromatic nitrogens is 1. The SMILES string of the molecule is O=C(O)c1ccc(Sc2cccs2)nc1. The van der Waals surface area contributed by atoms with Gasteiger partial charge in [0.2, 0.25) is 0 Å². The third kappa shape index (κ3) is 2.57. The Kier molecular flexibility index (Phi) is 3.03. The van der Waals surface area contributed by atoms with Crippen LogP contribution in [0.1, 0.15) is 10.4 Å². The van der Waals surface area contributed by atoms with Crippen LogP contribution in [0.5, 0.6) is 0 Å². The topological polar surface area (TPSA) is 50.2 Å². The van der Waals surface area contributed by atoms with Crippen LogP contribution in [0.2, 0.25) is 0 Å². The van der Waals surface area contributed by atoms with Gasteiger partial charge in [-0.25, -0.2) is 9.78 Å². The van der Waals surface area contributed by atoms with Gasteiger partial charge in [-0.1, -0.05) is 17.8 Å². The standard InChI is InChI=1S/C10H7NO2S2/c12-10(13)7-3-4-8(11-6-7)15-9-2-1-5-14-9/h1-6H,(H,12,13). The number of pyridine rings is 1. The van der Waals surface area contributed by atoms with Crippen LogP contribution in [0.4, 0.5) is 0 Å². The molecule has 0 aromatic carbocycles. The minimum atomic E-state index is -0.949. The maximum Gasteiger partial charge on any atom is 0.337 e. The molecule has 0 bridgehead atoms. The van der Waals surface area contributed by atoms with Gasteiger partial charge in [0.15, 0.2) is 0 Å². The van der Waals surface area contributed by atoms with Gasteiger partial charge in [-0.15, -0.1) is 11.3 Å². The van der Waals surface area contributed by atoms with E-state index in [2.05, 4.69) is 4.98 Å². The van der Waals surface area contributed by atoms with Gasteiger partial charge in [-0.2, -0.15) is 0 Å². The molecule has 0 radical (unpaired) electrons. The van der Waals surface area contributed by atoms with Crippen molar-refractivity contribution in [2.24, 2.45) is 0 Å². The van der Waals surface area contributed by atoms with Crippen molar-refractivity contribution in [2.75, 3.05) is 0 Å². The number of carboxylic acids is 1. The summed E-state index contributed by atoms with van der Waals surface area (Å²) < 4.78 is 1.14. The fourth-order valence-electron chi connectivity index (χ4n) is 0.992. The smallest absolute Gasteiger partial charge is 0.337 e. The van der Waals surface area contributed by atoms with Crippen LogP contribution >= 0.6 is 23.1 Å². The molecule has 2 rings (SSSR count). The van der Waals surface area contributed by atoms with E-state index < -0.39 is 5.97 Å². The lowest BCUT2D eigenvalue weighted by Crippen LogP contribution is -1.96. The van der Waals surface area contributed by atoms with E-state index in [1.807, 2.05) is 17.5 Å². The van der Waals surface area contributed by atoms with E-state index in [9.17, 15) is 4.79 Å². The van der Waals surface area contributed by atoms with Gasteiger partial charge in [-0.05, 0) is 23.6 Å². The first-order valence-corrected chi connectivity index (χ1v) is 5.86. The third-order valence-corrected chi connectivity index (χ3v) is 3.67. The average Bonchev–Trinajstić information content (AvgIpc) is 2.71. The minimum absolute atomic E-state index is 0.213. The second-order valence-corrected chi connectivity index (χ2v) is 4.99. The number of hydrogen-bond acceptors (Lipinski definition) is 4. The van der Waals surface area contributed by atoms with Crippen molar-refractivity contribution in [1.82, 2.24) is 4.98 Å². The molecular weight excluding hydrogens is 230 g/mol. The molecule has 0 fully saturated rings. The van der Waals surface area contributed by atoms with E-state index >= 15 is 0 Å². The first-order chi connectivity index (χ1) is 7.25. The first-order valence-electron chi connectivity index (χ1n) is 4.16. The van der Waals surface area contributed by atoms with Crippen LogP contribution in [0, 0.1) is 0 Å². The van der Waals surface area contributed by atoms with Crippen molar-refractivity contribution in [1.29, 1.82) is 0 Å². The van der Waals surface area contributed by atoms with E-state index in [4.69, 9.17) is 5.11 Å². The molecule has 0 saturated carbocycles. The number of carboxylic acid groups (broad SMARTS) is 1. The summed E-state index contributed by atoms with van der Waals surface area (Å²) in [5.74, 6) is -0.949. The van der Waals surface area contributed by atoms with Crippen LogP contribution in [0.3, 0.4) is 0 Å². The first kappa shape index (κ1) is 10.2. The van der Waals surface area contributed by atoms with Gasteiger partial charge in [0, 0.05) is 6.20 Å². The van der Waals surface area contributed by atoms with Crippen LogP contribution in [-0.2, 0) is 0 Å². The number of nitrogens with zero attached hydrogens (tertiary/aromatic N) is 1. The zero-order chi connectivity index (χ0) is 10.7. The number of aromatic carboxylic acids is 1. The predicted molar refractivity (Wildman–Crippen MR) is 59.6 cm³/mol. The normalized spacial score (nSPS) is 10.1. The summed E-state index contributed by atoms with van der Waals surface area (Å²) in [7, 11) is 0. The van der Waals surface area contributed by atoms with E-state index in [-0.39, 0.29) is 5.56 Å². The van der Waals surface area contributed by atoms with E-state index in [1.54, 1.807) is 23.5 Å². The number of carbonyl (C=O) groups is 1. The molecular formula is C10H7NO2S2. The molecule has 0 saturated heterocycles. The minimum Gasteiger partial charge on any atom is -0.478 e. The van der Waals surface area contributed by atoms with Crippen LogP contribution in [-0.4, -0.2) is 16.1 Å². The Morgan fingerprint density at radius 3 is 2.80 bits per heavy atom. The molecule has 15 heavy (non-hydrogen) atoms. The Balaban J connectivity index is 2.14. The molecule has 0 spiro atoms. The molecule has 0 atom stereocenters. The summed E-state index contributed by atoms with van der Waals surface area (Å²) in [5, 5.41) is 11.5. The van der Waals surface area contributed by atoms with E-state index in [0.717, 1.165) is 9.24 Å². The summed E-state index contributed by atoms with van der Waals surface area (Å²) in [5.41, 5.74) is 0.213. The van der Waals surface area contributed by atoms with Crippen LogP contribution in [0.15, 0.2) is 45.1 Å². The predicted octanol–water partition coefficient (Wildman–Crippen LogP) is 2.99. The summed E-state index contributed by atoms with van der Waals surface area (Å²) in [6, 6.07) is 7.25. The molecule has 1 N–H and O–H groups in total. The highest BCUT2D eigenvalue weighted by Gasteiger charge is 2.04. The van der Waals surface area contributed by atoms with Crippen molar-refractivity contribution >= 4 is 29.1 Å². The van der Waals surface area contributed by atoms with Gasteiger partial charge in [0.25, 0.3) is 0 Å². The van der Waals surface area contributed by atoms with Gasteiger partial charge in [0.05, 0.1) is 9.77 Å². The Morgan fingerprint density at radius 2 is 2.27 bits per heavy atom. The van der Waals surface area contributed by atoms with Crippen molar-refractivity contribution in [2.45, 2.75) is 9.24 Å². The van der Waals surface area contributed by atoms with Crippen LogP contribution in [0.25, 0.3) is 0 Å². The Morgan fingerprint density at radius 1 is 1.40 bits per heavy atom. The molecule has 2 aromatic heterocycles. The van der Waals surface area contributed by atoms with E-state index in [1.165, 1.54) is 18.0 Å². The highest BCUT2D eigenvalue weighted by atomic mass is 32.2. The molecule has 76 valence electrons. The molecule has 0 unspecified atom stereocenters. The Hall–Kier alpha value is -1.33. The molecule has 3 nitrogen and oxygen atoms in total. The maximum atomic E-state index is 10.6. The largest absolute Gasteiger partial charge is 0.478 e. The molecule has 2 aromatic rings. The average molecular weight is 237 g/mol. The molecule has 5 heteroatoms. The molecule has 0 aliphatic carbocycles. The zero-order valence-corrected chi connectivity index (χ0v) is 9.22. The van der Waals surface area contributed by atoms with Crippen LogP contribution < -0.4 is 0 Å². The van der Waals surface area contributed by atoms with E-state index in [0.29, 0.717) is 0 Å². The quantitative estimate of drug-likeness (QED) is 0.891. The summed E-state index contributed by atoms with van der Waals surface area (Å²) in [4.78, 5) is 14.6. The summed E-state index contributed by atoms with van der Waals surface area (Å²) in [6.07, 6.45) is 1.37. The van der Waals surface area contributed by atoms with Gasteiger partial charge in [-0.3, -0.25) is 0 Å². The van der Waals surface area contributed by atoms with Crippen molar-refractivity contribution < 1.29 is 9.90 Å². The third-order valence-electron chi connectivity index (χ3n) is 1.68. The Labute approximate surface area is 94.8 Å². The van der Waals surface area contributed by atoms with Gasteiger partial charge < -0.3 is 5.11 Å². The molecule has 0 aliphatic rings. The lowest BCUT2D eigenvalue weighted by Gasteiger charge is -1.97. The number of rotatable bonds is 3. The lowest BCUT2D eigenvalue weighted by atomic mass is 10.3. The fourth-order valence-corrected chi connectivity index (χ4v) is 2.65. The number of thiophene rings is 1. The second-order valence-electron chi connectivity index (χ2n) is 2.72. The Bertz CT molecular complexity index is 451. The lowest BCUT2D eigenvalue weighted by molar-refractivity contribution is 0.0696. The van der Waals surface area contributed by atoms with Crippen molar-refractivity contribution in [3.05, 3.63) is 41.4 Å². The molecule has 0 amide bonds. The molecule has 0 aliphatic heterocycles. The fraction of sp³-hybridized carbons (Fsp3) is 0. The highest BCUT2D eigenvalue weighted by molar-refractivity contribution is 8.01. The summed E-state index contributed by atoms with van der Waals surface area (Å²) in [6.45, 7) is 0. The molecule has 2 heterocycles. The van der Waals surface area contributed by atoms with Crippen molar-refractivity contribution in [3.63, 3.8) is 0 Å². The monoisotopic (exact) mass is 237 g/mol.